The molecule has 1 N–H and O–H groups in total. The normalized spacial score (nSPS) is 21.0. The van der Waals surface area contributed by atoms with Crippen molar-refractivity contribution in [3.05, 3.63) is 59.9 Å². The van der Waals surface area contributed by atoms with Gasteiger partial charge >= 0.3 is 0 Å². The summed E-state index contributed by atoms with van der Waals surface area (Å²) < 4.78 is 11.3. The van der Waals surface area contributed by atoms with Gasteiger partial charge in [0.05, 0.1) is 19.3 Å². The highest BCUT2D eigenvalue weighted by atomic mass is 16.5. The summed E-state index contributed by atoms with van der Waals surface area (Å²) >= 11 is 0. The van der Waals surface area contributed by atoms with Crippen molar-refractivity contribution in [2.45, 2.75) is 31.7 Å². The minimum atomic E-state index is -0.164. The zero-order chi connectivity index (χ0) is 21.5. The molecule has 0 saturated carbocycles. The predicted octanol–water partition coefficient (Wildman–Crippen LogP) is 2.46. The topological polar surface area (TPSA) is 80.8 Å². The Morgan fingerprint density at radius 1 is 1.10 bits per heavy atom. The summed E-state index contributed by atoms with van der Waals surface area (Å²) in [6, 6.07) is 10.9. The van der Waals surface area contributed by atoms with Crippen LogP contribution in [0.2, 0.25) is 0 Å². The van der Waals surface area contributed by atoms with Crippen LogP contribution in [0.5, 0.6) is 5.75 Å². The Labute approximate surface area is 182 Å². The summed E-state index contributed by atoms with van der Waals surface area (Å²) in [6.45, 7) is 2.72. The monoisotopic (exact) mass is 423 g/mol. The molecule has 2 aliphatic heterocycles. The van der Waals surface area contributed by atoms with Crippen LogP contribution in [0.4, 0.5) is 0 Å². The highest BCUT2D eigenvalue weighted by molar-refractivity contribution is 5.94. The number of hydrogen-bond donors (Lipinski definition) is 1. The first kappa shape index (κ1) is 21.3. The Bertz CT molecular complexity index is 883. The zero-order valence-corrected chi connectivity index (χ0v) is 17.7. The van der Waals surface area contributed by atoms with Gasteiger partial charge in [-0.15, -0.1) is 0 Å². The molecule has 1 aromatic carbocycles. The fourth-order valence-electron chi connectivity index (χ4n) is 4.14. The molecule has 1 aromatic heterocycles. The number of benzene rings is 1. The molecule has 3 heterocycles. The highest BCUT2D eigenvalue weighted by Gasteiger charge is 2.30. The van der Waals surface area contributed by atoms with Crippen molar-refractivity contribution in [2.24, 2.45) is 5.92 Å². The molecular formula is C24H29N3O4. The molecular weight excluding hydrogens is 394 g/mol. The number of carbonyl (C=O) groups excluding carboxylic acids is 2. The smallest absolute Gasteiger partial charge is 0.260 e. The molecule has 2 fully saturated rings. The van der Waals surface area contributed by atoms with Gasteiger partial charge in [-0.3, -0.25) is 14.6 Å². The number of aromatic nitrogens is 1. The predicted molar refractivity (Wildman–Crippen MR) is 116 cm³/mol. The van der Waals surface area contributed by atoms with Gasteiger partial charge in [-0.2, -0.15) is 0 Å². The number of nitrogens with zero attached hydrogens (tertiary/aromatic N) is 2. The van der Waals surface area contributed by atoms with Crippen molar-refractivity contribution in [1.82, 2.24) is 15.2 Å². The third-order valence-electron chi connectivity index (χ3n) is 5.93. The maximum absolute atomic E-state index is 12.8. The summed E-state index contributed by atoms with van der Waals surface area (Å²) in [5, 5.41) is 3.10. The van der Waals surface area contributed by atoms with E-state index in [1.165, 1.54) is 12.0 Å². The molecule has 0 unspecified atom stereocenters. The van der Waals surface area contributed by atoms with Crippen LogP contribution in [0.3, 0.4) is 0 Å². The lowest BCUT2D eigenvalue weighted by atomic mass is 9.95. The third kappa shape index (κ3) is 5.82. The second-order valence-electron chi connectivity index (χ2n) is 8.20. The lowest BCUT2D eigenvalue weighted by Gasteiger charge is -2.26. The second-order valence-corrected chi connectivity index (χ2v) is 8.20. The molecule has 2 saturated heterocycles. The summed E-state index contributed by atoms with van der Waals surface area (Å²) in [5.41, 5.74) is 1.69. The molecule has 0 radical (unpaired) electrons. The molecule has 2 amide bonds. The number of ether oxygens (including phenoxy) is 2. The standard InChI is InChI=1S/C24H29N3O4/c28-23(27-11-2-1-3-12-27)17-31-21-6-4-5-19(14-21)24(29)26-22-16-30-15-20(22)13-18-7-9-25-10-8-18/h4-10,14,20,22H,1-3,11-13,15-17H2,(H,26,29)/t20-,22+/m1/s1. The van der Waals surface area contributed by atoms with Crippen LogP contribution in [0.1, 0.15) is 35.2 Å². The Hall–Kier alpha value is -2.93. The molecule has 0 spiro atoms. The van der Waals surface area contributed by atoms with Crippen LogP contribution in [0.15, 0.2) is 48.8 Å². The van der Waals surface area contributed by atoms with Crippen molar-refractivity contribution >= 4 is 11.8 Å². The van der Waals surface area contributed by atoms with Crippen LogP contribution >= 0.6 is 0 Å². The minimum Gasteiger partial charge on any atom is -0.484 e. The minimum absolute atomic E-state index is 0.00314. The van der Waals surface area contributed by atoms with Crippen LogP contribution in [0.25, 0.3) is 0 Å². The van der Waals surface area contributed by atoms with E-state index in [1.54, 1.807) is 36.7 Å². The molecule has 0 aliphatic carbocycles. The summed E-state index contributed by atoms with van der Waals surface area (Å²) in [5.74, 6) is 0.571. The number of pyridine rings is 1. The van der Waals surface area contributed by atoms with Crippen LogP contribution in [0, 0.1) is 5.92 Å². The van der Waals surface area contributed by atoms with Gasteiger partial charge in [-0.05, 0) is 61.6 Å². The fourth-order valence-corrected chi connectivity index (χ4v) is 4.14. The van der Waals surface area contributed by atoms with E-state index >= 15 is 0 Å². The summed E-state index contributed by atoms with van der Waals surface area (Å²) in [6.07, 6.45) is 7.66. The van der Waals surface area contributed by atoms with Gasteiger partial charge in [0.15, 0.2) is 6.61 Å². The van der Waals surface area contributed by atoms with Crippen molar-refractivity contribution < 1.29 is 19.1 Å². The van der Waals surface area contributed by atoms with E-state index < -0.39 is 0 Å². The molecule has 7 nitrogen and oxygen atoms in total. The first-order valence-electron chi connectivity index (χ1n) is 11.0. The molecule has 2 atom stereocenters. The van der Waals surface area contributed by atoms with E-state index in [4.69, 9.17) is 9.47 Å². The van der Waals surface area contributed by atoms with E-state index in [1.807, 2.05) is 17.0 Å². The number of nitrogens with one attached hydrogen (secondary N) is 1. The SMILES string of the molecule is O=C(N[C@H]1COC[C@H]1Cc1ccncc1)c1cccc(OCC(=O)N2CCCCC2)c1. The number of hydrogen-bond acceptors (Lipinski definition) is 5. The molecule has 2 aliphatic rings. The molecule has 2 aromatic rings. The summed E-state index contributed by atoms with van der Waals surface area (Å²) in [4.78, 5) is 31.0. The van der Waals surface area contributed by atoms with Gasteiger partial charge in [0, 0.05) is 37.0 Å². The van der Waals surface area contributed by atoms with Crippen molar-refractivity contribution in [3.63, 3.8) is 0 Å². The van der Waals surface area contributed by atoms with Gasteiger partial charge in [0.1, 0.15) is 5.75 Å². The molecule has 0 bridgehead atoms. The number of carbonyl (C=O) groups is 2. The Balaban J connectivity index is 1.31. The average Bonchev–Trinajstić information content (AvgIpc) is 3.25. The highest BCUT2D eigenvalue weighted by Crippen LogP contribution is 2.20. The van der Waals surface area contributed by atoms with Gasteiger partial charge in [0.2, 0.25) is 0 Å². The largest absolute Gasteiger partial charge is 0.484 e. The van der Waals surface area contributed by atoms with Crippen molar-refractivity contribution in [3.8, 4) is 5.75 Å². The molecule has 4 rings (SSSR count). The molecule has 31 heavy (non-hydrogen) atoms. The fraction of sp³-hybridized carbons (Fsp3) is 0.458. The second kappa shape index (κ2) is 10.4. The zero-order valence-electron chi connectivity index (χ0n) is 17.7. The van der Waals surface area contributed by atoms with Crippen LogP contribution in [-0.4, -0.2) is 60.7 Å². The number of likely N-dealkylation sites (tertiary alicyclic amines) is 1. The maximum Gasteiger partial charge on any atom is 0.260 e. The lowest BCUT2D eigenvalue weighted by Crippen LogP contribution is -2.40. The Kier molecular flexibility index (Phi) is 7.14. The van der Waals surface area contributed by atoms with E-state index in [-0.39, 0.29) is 30.4 Å². The number of rotatable bonds is 7. The van der Waals surface area contributed by atoms with E-state index in [0.717, 1.165) is 32.4 Å². The van der Waals surface area contributed by atoms with Gasteiger partial charge in [-0.25, -0.2) is 0 Å². The lowest BCUT2D eigenvalue weighted by molar-refractivity contribution is -0.134. The summed E-state index contributed by atoms with van der Waals surface area (Å²) in [7, 11) is 0. The number of piperidine rings is 1. The van der Waals surface area contributed by atoms with E-state index in [9.17, 15) is 9.59 Å². The van der Waals surface area contributed by atoms with Gasteiger partial charge < -0.3 is 19.7 Å². The van der Waals surface area contributed by atoms with Crippen LogP contribution in [-0.2, 0) is 16.0 Å². The Morgan fingerprint density at radius 2 is 1.90 bits per heavy atom. The quantitative estimate of drug-likeness (QED) is 0.740. The van der Waals surface area contributed by atoms with E-state index in [2.05, 4.69) is 10.3 Å². The van der Waals surface area contributed by atoms with Crippen LogP contribution < -0.4 is 10.1 Å². The molecule has 164 valence electrons. The molecule has 7 heteroatoms. The van der Waals surface area contributed by atoms with Gasteiger partial charge in [-0.1, -0.05) is 6.07 Å². The average molecular weight is 424 g/mol. The van der Waals surface area contributed by atoms with Crippen molar-refractivity contribution in [1.29, 1.82) is 0 Å². The third-order valence-corrected chi connectivity index (χ3v) is 5.93. The van der Waals surface area contributed by atoms with E-state index in [0.29, 0.717) is 24.5 Å². The first-order chi connectivity index (χ1) is 15.2. The number of amides is 2. The Morgan fingerprint density at radius 3 is 2.71 bits per heavy atom. The maximum atomic E-state index is 12.8. The first-order valence-corrected chi connectivity index (χ1v) is 11.0. The van der Waals surface area contributed by atoms with Crippen molar-refractivity contribution in [2.75, 3.05) is 32.9 Å². The van der Waals surface area contributed by atoms with Gasteiger partial charge in [0.25, 0.3) is 11.8 Å².